The summed E-state index contributed by atoms with van der Waals surface area (Å²) in [7, 11) is 0. The Bertz CT molecular complexity index is 701. The Hall–Kier alpha value is -2.58. The topological polar surface area (TPSA) is 29.5 Å². The molecule has 0 amide bonds. The van der Waals surface area contributed by atoms with Gasteiger partial charge in [-0.3, -0.25) is 0 Å². The van der Waals surface area contributed by atoms with Gasteiger partial charge >= 0.3 is 0 Å². The molecule has 0 atom stereocenters. The molecule has 110 valence electrons. The van der Waals surface area contributed by atoms with Gasteiger partial charge in [0.15, 0.2) is 0 Å². The molecule has 0 fully saturated rings. The van der Waals surface area contributed by atoms with E-state index in [1.165, 1.54) is 0 Å². The highest BCUT2D eigenvalue weighted by Gasteiger charge is 2.00. The molecule has 0 aromatic heterocycles. The van der Waals surface area contributed by atoms with Crippen LogP contribution >= 0.6 is 0 Å². The van der Waals surface area contributed by atoms with Gasteiger partial charge in [0, 0.05) is 6.61 Å². The van der Waals surface area contributed by atoms with Gasteiger partial charge in [0.05, 0.1) is 0 Å². The Morgan fingerprint density at radius 1 is 0.636 bits per heavy atom. The van der Waals surface area contributed by atoms with Crippen LogP contribution in [0.15, 0.2) is 78.9 Å². The summed E-state index contributed by atoms with van der Waals surface area (Å²) >= 11 is 0. The molecule has 0 aliphatic rings. The van der Waals surface area contributed by atoms with E-state index >= 15 is 0 Å². The van der Waals surface area contributed by atoms with Crippen LogP contribution in [0.25, 0.3) is 11.1 Å². The van der Waals surface area contributed by atoms with Gasteiger partial charge in [0.1, 0.15) is 11.5 Å². The summed E-state index contributed by atoms with van der Waals surface area (Å²) in [6, 6.07) is 26.1. The van der Waals surface area contributed by atoms with Crippen LogP contribution in [-0.4, -0.2) is 11.7 Å². The summed E-state index contributed by atoms with van der Waals surface area (Å²) < 4.78 is 5.79. The highest BCUT2D eigenvalue weighted by molar-refractivity contribution is 5.64. The average molecular weight is 290 g/mol. The van der Waals surface area contributed by atoms with Crippen LogP contribution in [0.5, 0.6) is 11.5 Å². The Balaban J connectivity index is 1.73. The molecule has 0 radical (unpaired) electrons. The van der Waals surface area contributed by atoms with Crippen LogP contribution in [0.3, 0.4) is 0 Å². The van der Waals surface area contributed by atoms with E-state index in [2.05, 4.69) is 36.4 Å². The van der Waals surface area contributed by atoms with Crippen LogP contribution in [-0.2, 0) is 6.42 Å². The third kappa shape index (κ3) is 3.54. The SMILES string of the molecule is OCCc1ccc(-c2ccc(Oc3ccccc3)cc2)cc1. The van der Waals surface area contributed by atoms with E-state index in [9.17, 15) is 0 Å². The first-order chi connectivity index (χ1) is 10.8. The van der Waals surface area contributed by atoms with Gasteiger partial charge in [-0.1, -0.05) is 54.6 Å². The number of hydrogen-bond acceptors (Lipinski definition) is 2. The first-order valence-electron chi connectivity index (χ1n) is 7.38. The summed E-state index contributed by atoms with van der Waals surface area (Å²) in [5.41, 5.74) is 3.46. The summed E-state index contributed by atoms with van der Waals surface area (Å²) in [6.07, 6.45) is 0.699. The standard InChI is InChI=1S/C20H18O2/c21-15-14-16-6-8-17(9-7-16)18-10-12-20(13-11-18)22-19-4-2-1-3-5-19/h1-13,21H,14-15H2. The Labute approximate surface area is 130 Å². The number of ether oxygens (including phenoxy) is 1. The molecule has 3 rings (SSSR count). The molecule has 0 bridgehead atoms. The summed E-state index contributed by atoms with van der Waals surface area (Å²) in [5, 5.41) is 8.94. The van der Waals surface area contributed by atoms with E-state index in [1.807, 2.05) is 42.5 Å². The number of para-hydroxylation sites is 1. The molecule has 0 saturated carbocycles. The lowest BCUT2D eigenvalue weighted by atomic mass is 10.0. The summed E-state index contributed by atoms with van der Waals surface area (Å²) in [5.74, 6) is 1.66. The summed E-state index contributed by atoms with van der Waals surface area (Å²) in [4.78, 5) is 0. The molecular weight excluding hydrogens is 272 g/mol. The van der Waals surface area contributed by atoms with Crippen molar-refractivity contribution in [3.05, 3.63) is 84.4 Å². The molecule has 1 N–H and O–H groups in total. The van der Waals surface area contributed by atoms with E-state index in [4.69, 9.17) is 9.84 Å². The monoisotopic (exact) mass is 290 g/mol. The van der Waals surface area contributed by atoms with Crippen LogP contribution in [0.4, 0.5) is 0 Å². The van der Waals surface area contributed by atoms with Crippen molar-refractivity contribution in [2.45, 2.75) is 6.42 Å². The van der Waals surface area contributed by atoms with Crippen molar-refractivity contribution in [2.24, 2.45) is 0 Å². The van der Waals surface area contributed by atoms with E-state index in [0.29, 0.717) is 6.42 Å². The maximum Gasteiger partial charge on any atom is 0.127 e. The second kappa shape index (κ2) is 6.92. The lowest BCUT2D eigenvalue weighted by Gasteiger charge is -2.07. The molecule has 3 aromatic carbocycles. The lowest BCUT2D eigenvalue weighted by molar-refractivity contribution is 0.299. The molecule has 0 heterocycles. The minimum absolute atomic E-state index is 0.185. The quantitative estimate of drug-likeness (QED) is 0.739. The Kier molecular flexibility index (Phi) is 4.52. The van der Waals surface area contributed by atoms with E-state index in [-0.39, 0.29) is 6.61 Å². The fourth-order valence-electron chi connectivity index (χ4n) is 2.33. The number of aliphatic hydroxyl groups is 1. The molecule has 2 nitrogen and oxygen atoms in total. The number of benzene rings is 3. The number of rotatable bonds is 5. The highest BCUT2D eigenvalue weighted by atomic mass is 16.5. The predicted molar refractivity (Wildman–Crippen MR) is 89.2 cm³/mol. The van der Waals surface area contributed by atoms with Crippen LogP contribution in [0.2, 0.25) is 0 Å². The molecule has 0 saturated heterocycles. The van der Waals surface area contributed by atoms with Crippen molar-refractivity contribution in [2.75, 3.05) is 6.61 Å². The molecule has 3 aromatic rings. The van der Waals surface area contributed by atoms with Crippen molar-refractivity contribution in [1.29, 1.82) is 0 Å². The highest BCUT2D eigenvalue weighted by Crippen LogP contribution is 2.26. The maximum absolute atomic E-state index is 8.94. The fraction of sp³-hybridized carbons (Fsp3) is 0.100. The smallest absolute Gasteiger partial charge is 0.127 e. The van der Waals surface area contributed by atoms with Gasteiger partial charge in [0.2, 0.25) is 0 Å². The first kappa shape index (κ1) is 14.4. The van der Waals surface area contributed by atoms with Crippen LogP contribution in [0, 0.1) is 0 Å². The zero-order chi connectivity index (χ0) is 15.2. The zero-order valence-corrected chi connectivity index (χ0v) is 12.3. The van der Waals surface area contributed by atoms with Gasteiger partial charge in [-0.15, -0.1) is 0 Å². The molecule has 22 heavy (non-hydrogen) atoms. The first-order valence-corrected chi connectivity index (χ1v) is 7.38. The second-order valence-corrected chi connectivity index (χ2v) is 5.11. The van der Waals surface area contributed by atoms with Gasteiger partial charge < -0.3 is 9.84 Å². The molecule has 0 aliphatic carbocycles. The average Bonchev–Trinajstić information content (AvgIpc) is 2.58. The second-order valence-electron chi connectivity index (χ2n) is 5.11. The van der Waals surface area contributed by atoms with Crippen molar-refractivity contribution in [3.63, 3.8) is 0 Å². The van der Waals surface area contributed by atoms with Crippen molar-refractivity contribution in [1.82, 2.24) is 0 Å². The van der Waals surface area contributed by atoms with Crippen LogP contribution in [0.1, 0.15) is 5.56 Å². The van der Waals surface area contributed by atoms with Gasteiger partial charge in [-0.05, 0) is 47.4 Å². The Morgan fingerprint density at radius 2 is 1.18 bits per heavy atom. The molecule has 0 aliphatic heterocycles. The maximum atomic E-state index is 8.94. The number of hydrogen-bond donors (Lipinski definition) is 1. The number of aliphatic hydroxyl groups excluding tert-OH is 1. The predicted octanol–water partition coefficient (Wildman–Crippen LogP) is 4.68. The largest absolute Gasteiger partial charge is 0.457 e. The van der Waals surface area contributed by atoms with E-state index in [0.717, 1.165) is 28.2 Å². The van der Waals surface area contributed by atoms with Gasteiger partial charge in [-0.25, -0.2) is 0 Å². The normalized spacial score (nSPS) is 10.4. The van der Waals surface area contributed by atoms with E-state index in [1.54, 1.807) is 0 Å². The molecular formula is C20H18O2. The Morgan fingerprint density at radius 3 is 1.77 bits per heavy atom. The summed E-state index contributed by atoms with van der Waals surface area (Å²) in [6.45, 7) is 0.185. The van der Waals surface area contributed by atoms with Gasteiger partial charge in [-0.2, -0.15) is 0 Å². The minimum Gasteiger partial charge on any atom is -0.457 e. The fourth-order valence-corrected chi connectivity index (χ4v) is 2.33. The zero-order valence-electron chi connectivity index (χ0n) is 12.3. The minimum atomic E-state index is 0.185. The third-order valence-electron chi connectivity index (χ3n) is 3.52. The van der Waals surface area contributed by atoms with Gasteiger partial charge in [0.25, 0.3) is 0 Å². The van der Waals surface area contributed by atoms with Crippen LogP contribution < -0.4 is 4.74 Å². The third-order valence-corrected chi connectivity index (χ3v) is 3.52. The molecule has 2 heteroatoms. The molecule has 0 unspecified atom stereocenters. The van der Waals surface area contributed by atoms with Crippen molar-refractivity contribution in [3.8, 4) is 22.6 Å². The van der Waals surface area contributed by atoms with E-state index < -0.39 is 0 Å². The van der Waals surface area contributed by atoms with Crippen molar-refractivity contribution < 1.29 is 9.84 Å². The molecule has 0 spiro atoms. The van der Waals surface area contributed by atoms with Crippen molar-refractivity contribution >= 4 is 0 Å². The lowest BCUT2D eigenvalue weighted by Crippen LogP contribution is -1.90.